The number of aliphatic hydroxyl groups is 1. The van der Waals surface area contributed by atoms with Crippen LogP contribution in [-0.2, 0) is 0 Å². The molecule has 1 nitrogen and oxygen atoms in total. The Morgan fingerprint density at radius 2 is 1.33 bits per heavy atom. The lowest BCUT2D eigenvalue weighted by molar-refractivity contribution is -0.0910. The van der Waals surface area contributed by atoms with Crippen molar-refractivity contribution in [2.24, 2.45) is 29.6 Å². The number of hydrogen-bond donors (Lipinski definition) is 1. The third-order valence-electron chi connectivity index (χ3n) is 6.70. The van der Waals surface area contributed by atoms with E-state index >= 15 is 0 Å². The minimum atomic E-state index is -0.236. The molecule has 1 aromatic rings. The zero-order valence-electron chi connectivity index (χ0n) is 13.6. The molecule has 5 rings (SSSR count). The van der Waals surface area contributed by atoms with E-state index in [1.54, 1.807) is 0 Å². The van der Waals surface area contributed by atoms with Crippen molar-refractivity contribution in [2.45, 2.75) is 59.0 Å². The van der Waals surface area contributed by atoms with Gasteiger partial charge in [-0.1, -0.05) is 17.7 Å². The second kappa shape index (κ2) is 4.84. The molecule has 0 amide bonds. The maximum atomic E-state index is 11.2. The zero-order valence-corrected chi connectivity index (χ0v) is 13.6. The van der Waals surface area contributed by atoms with E-state index in [0.717, 1.165) is 23.7 Å². The molecule has 1 aromatic carbocycles. The van der Waals surface area contributed by atoms with Crippen molar-refractivity contribution < 1.29 is 5.11 Å². The van der Waals surface area contributed by atoms with Crippen LogP contribution in [0, 0.1) is 50.4 Å². The lowest BCUT2D eigenvalue weighted by Crippen LogP contribution is -2.47. The van der Waals surface area contributed by atoms with Gasteiger partial charge in [0, 0.05) is 0 Å². The van der Waals surface area contributed by atoms with Gasteiger partial charge in [-0.15, -0.1) is 0 Å². The summed E-state index contributed by atoms with van der Waals surface area (Å²) in [5.74, 6) is 4.07. The number of rotatable bonds is 2. The van der Waals surface area contributed by atoms with Gasteiger partial charge in [-0.05, 0) is 99.2 Å². The van der Waals surface area contributed by atoms with Crippen molar-refractivity contribution in [3.05, 3.63) is 34.4 Å². The Balaban J connectivity index is 1.68. The van der Waals surface area contributed by atoms with Gasteiger partial charge in [-0.2, -0.15) is 0 Å². The van der Waals surface area contributed by atoms with Crippen LogP contribution in [0.1, 0.15) is 60.5 Å². The summed E-state index contributed by atoms with van der Waals surface area (Å²) >= 11 is 0. The van der Waals surface area contributed by atoms with Crippen LogP contribution < -0.4 is 0 Å². The van der Waals surface area contributed by atoms with Gasteiger partial charge in [0.05, 0.1) is 6.10 Å². The third kappa shape index (κ3) is 2.16. The lowest BCUT2D eigenvalue weighted by atomic mass is 9.50. The van der Waals surface area contributed by atoms with Crippen LogP contribution in [0.3, 0.4) is 0 Å². The van der Waals surface area contributed by atoms with Gasteiger partial charge in [0.1, 0.15) is 0 Å². The van der Waals surface area contributed by atoms with Gasteiger partial charge in [-0.3, -0.25) is 0 Å². The SMILES string of the molecule is Cc1cc(C)c(C(O)C2C3CC4CC(C3)CC2C4)c(C)c1. The Morgan fingerprint density at radius 3 is 1.81 bits per heavy atom. The monoisotopic (exact) mass is 284 g/mol. The predicted molar refractivity (Wildman–Crippen MR) is 86.1 cm³/mol. The van der Waals surface area contributed by atoms with Gasteiger partial charge in [0.15, 0.2) is 0 Å². The molecule has 4 aliphatic rings. The first-order valence-electron chi connectivity index (χ1n) is 8.78. The minimum absolute atomic E-state index is 0.236. The Bertz CT molecular complexity index is 508. The number of aryl methyl sites for hydroxylation is 3. The van der Waals surface area contributed by atoms with E-state index in [4.69, 9.17) is 0 Å². The van der Waals surface area contributed by atoms with Crippen molar-refractivity contribution in [3.8, 4) is 0 Å². The molecule has 1 heteroatoms. The highest BCUT2D eigenvalue weighted by Crippen LogP contribution is 2.59. The molecule has 21 heavy (non-hydrogen) atoms. The molecule has 4 aliphatic carbocycles. The topological polar surface area (TPSA) is 20.2 Å². The van der Waals surface area contributed by atoms with Crippen LogP contribution in [0.15, 0.2) is 12.1 Å². The van der Waals surface area contributed by atoms with Crippen LogP contribution >= 0.6 is 0 Å². The van der Waals surface area contributed by atoms with E-state index in [2.05, 4.69) is 32.9 Å². The first-order chi connectivity index (χ1) is 10.0. The van der Waals surface area contributed by atoms with Crippen LogP contribution in [0.5, 0.6) is 0 Å². The third-order valence-corrected chi connectivity index (χ3v) is 6.70. The highest BCUT2D eigenvalue weighted by Gasteiger charge is 2.50. The summed E-state index contributed by atoms with van der Waals surface area (Å²) in [5, 5.41) is 11.2. The van der Waals surface area contributed by atoms with Gasteiger partial charge in [0.2, 0.25) is 0 Å². The Kier molecular flexibility index (Phi) is 3.19. The number of benzene rings is 1. The van der Waals surface area contributed by atoms with Gasteiger partial charge in [-0.25, -0.2) is 0 Å². The second-order valence-corrected chi connectivity index (χ2v) is 8.27. The fourth-order valence-electron chi connectivity index (χ4n) is 6.33. The zero-order chi connectivity index (χ0) is 14.7. The van der Waals surface area contributed by atoms with E-state index < -0.39 is 0 Å². The molecule has 0 spiro atoms. The second-order valence-electron chi connectivity index (χ2n) is 8.27. The number of aliphatic hydroxyl groups excluding tert-OH is 1. The summed E-state index contributed by atoms with van der Waals surface area (Å²) in [5.41, 5.74) is 5.12. The fraction of sp³-hybridized carbons (Fsp3) is 0.700. The molecule has 0 aliphatic heterocycles. The summed E-state index contributed by atoms with van der Waals surface area (Å²) in [7, 11) is 0. The average molecular weight is 284 g/mol. The summed E-state index contributed by atoms with van der Waals surface area (Å²) < 4.78 is 0. The van der Waals surface area contributed by atoms with Crippen molar-refractivity contribution in [2.75, 3.05) is 0 Å². The molecule has 4 saturated carbocycles. The quantitative estimate of drug-likeness (QED) is 0.833. The van der Waals surface area contributed by atoms with Gasteiger partial charge < -0.3 is 5.11 Å². The molecule has 1 N–H and O–H groups in total. The first kappa shape index (κ1) is 13.8. The molecular formula is C20H28O. The molecule has 0 heterocycles. The Labute approximate surface area is 128 Å². The summed E-state index contributed by atoms with van der Waals surface area (Å²) in [6, 6.07) is 4.48. The van der Waals surface area contributed by atoms with E-state index in [-0.39, 0.29) is 6.10 Å². The lowest BCUT2D eigenvalue weighted by Gasteiger charge is -2.55. The van der Waals surface area contributed by atoms with Gasteiger partial charge >= 0.3 is 0 Å². The summed E-state index contributed by atoms with van der Waals surface area (Å²) in [4.78, 5) is 0. The van der Waals surface area contributed by atoms with Crippen LogP contribution in [0.25, 0.3) is 0 Å². The number of hydrogen-bond acceptors (Lipinski definition) is 1. The smallest absolute Gasteiger partial charge is 0.0828 e. The summed E-state index contributed by atoms with van der Waals surface area (Å²) in [6.07, 6.45) is 6.80. The van der Waals surface area contributed by atoms with Crippen molar-refractivity contribution in [1.82, 2.24) is 0 Å². The highest BCUT2D eigenvalue weighted by molar-refractivity contribution is 5.39. The molecule has 0 aromatic heterocycles. The van der Waals surface area contributed by atoms with Crippen molar-refractivity contribution in [3.63, 3.8) is 0 Å². The van der Waals surface area contributed by atoms with E-state index in [1.165, 1.54) is 54.4 Å². The maximum Gasteiger partial charge on any atom is 0.0828 e. The molecule has 0 radical (unpaired) electrons. The van der Waals surface area contributed by atoms with Crippen molar-refractivity contribution in [1.29, 1.82) is 0 Å². The minimum Gasteiger partial charge on any atom is -0.388 e. The Hall–Kier alpha value is -0.820. The first-order valence-corrected chi connectivity index (χ1v) is 8.78. The van der Waals surface area contributed by atoms with E-state index in [0.29, 0.717) is 5.92 Å². The van der Waals surface area contributed by atoms with Crippen LogP contribution in [-0.4, -0.2) is 5.11 Å². The molecule has 0 saturated heterocycles. The molecular weight excluding hydrogens is 256 g/mol. The van der Waals surface area contributed by atoms with E-state index in [1.807, 2.05) is 0 Å². The van der Waals surface area contributed by atoms with Crippen molar-refractivity contribution >= 4 is 0 Å². The molecule has 4 bridgehead atoms. The molecule has 1 unspecified atom stereocenters. The molecule has 114 valence electrons. The predicted octanol–water partition coefficient (Wildman–Crippen LogP) is 4.72. The van der Waals surface area contributed by atoms with Crippen LogP contribution in [0.2, 0.25) is 0 Å². The maximum absolute atomic E-state index is 11.2. The standard InChI is InChI=1S/C20H28O/c1-11-4-12(2)18(13(3)5-11)20(21)19-16-7-14-6-15(9-16)10-17(19)8-14/h4-5,14-17,19-21H,6-10H2,1-3H3. The largest absolute Gasteiger partial charge is 0.388 e. The molecule has 1 atom stereocenters. The van der Waals surface area contributed by atoms with E-state index in [9.17, 15) is 5.11 Å². The van der Waals surface area contributed by atoms with Crippen LogP contribution in [0.4, 0.5) is 0 Å². The molecule has 4 fully saturated rings. The Morgan fingerprint density at radius 1 is 0.857 bits per heavy atom. The van der Waals surface area contributed by atoms with Gasteiger partial charge in [0.25, 0.3) is 0 Å². The average Bonchev–Trinajstić information content (AvgIpc) is 2.35. The fourth-order valence-corrected chi connectivity index (χ4v) is 6.33. The normalized spacial score (nSPS) is 38.8. The highest BCUT2D eigenvalue weighted by atomic mass is 16.3. The summed E-state index contributed by atoms with van der Waals surface area (Å²) in [6.45, 7) is 6.50.